The molecule has 1 saturated heterocycles. The first-order valence-corrected chi connectivity index (χ1v) is 12.9. The minimum atomic E-state index is -4.70. The summed E-state index contributed by atoms with van der Waals surface area (Å²) in [5, 5.41) is 2.25. The number of alkyl halides is 3. The number of morpholine rings is 1. The van der Waals surface area contributed by atoms with Gasteiger partial charge in [0.15, 0.2) is 5.78 Å². The van der Waals surface area contributed by atoms with Gasteiger partial charge in [-0.2, -0.15) is 13.2 Å². The van der Waals surface area contributed by atoms with Gasteiger partial charge >= 0.3 is 6.18 Å². The number of Topliss-reactive ketones (excluding diaryl/α,β-unsaturated/α-hetero) is 1. The molecule has 0 aliphatic carbocycles. The number of hydrogen-bond donors (Lipinski definition) is 1. The normalized spacial score (nSPS) is 14.8. The first-order chi connectivity index (χ1) is 18.6. The number of carbonyl (C=O) groups is 2. The fourth-order valence-corrected chi connectivity index (χ4v) is 4.65. The van der Waals surface area contributed by atoms with Gasteiger partial charge in [-0.25, -0.2) is 19.9 Å². The molecular weight excluding hydrogens is 557 g/mol. The van der Waals surface area contributed by atoms with Crippen molar-refractivity contribution < 1.29 is 27.5 Å². The molecule has 4 heterocycles. The summed E-state index contributed by atoms with van der Waals surface area (Å²) in [5.74, 6) is 4.43. The highest BCUT2D eigenvalue weighted by Gasteiger charge is 2.34. The number of halogens is 4. The van der Waals surface area contributed by atoms with Crippen LogP contribution >= 0.6 is 22.9 Å². The molecule has 39 heavy (non-hydrogen) atoms. The number of thiazole rings is 1. The number of ether oxygens (including phenoxy) is 1. The molecule has 0 saturated carbocycles. The van der Waals surface area contributed by atoms with Gasteiger partial charge in [0.2, 0.25) is 0 Å². The van der Waals surface area contributed by atoms with E-state index in [4.69, 9.17) is 16.3 Å². The molecule has 204 valence electrons. The Morgan fingerprint density at radius 2 is 1.95 bits per heavy atom. The summed E-state index contributed by atoms with van der Waals surface area (Å²) in [4.78, 5) is 43.8. The number of amides is 1. The fourth-order valence-electron chi connectivity index (χ4n) is 3.57. The monoisotopic (exact) mass is 578 g/mol. The van der Waals surface area contributed by atoms with Crippen LogP contribution in [-0.4, -0.2) is 69.4 Å². The second-order valence-corrected chi connectivity index (χ2v) is 10.0. The maximum atomic E-state index is 13.1. The maximum absolute atomic E-state index is 13.1. The van der Waals surface area contributed by atoms with Gasteiger partial charge in [-0.3, -0.25) is 14.5 Å². The predicted molar refractivity (Wildman–Crippen MR) is 138 cm³/mol. The van der Waals surface area contributed by atoms with Crippen molar-refractivity contribution in [2.75, 3.05) is 38.2 Å². The first-order valence-electron chi connectivity index (χ1n) is 11.7. The fraction of sp³-hybridized carbons (Fsp3) is 0.360. The first kappa shape index (κ1) is 28.6. The van der Waals surface area contributed by atoms with Gasteiger partial charge in [-0.1, -0.05) is 24.4 Å². The van der Waals surface area contributed by atoms with Crippen LogP contribution in [0.3, 0.4) is 0 Å². The number of ketones is 1. The van der Waals surface area contributed by atoms with Gasteiger partial charge in [0.05, 0.1) is 41.5 Å². The van der Waals surface area contributed by atoms with Gasteiger partial charge in [-0.15, -0.1) is 11.3 Å². The molecule has 9 nitrogen and oxygen atoms in total. The molecule has 1 N–H and O–H groups in total. The van der Waals surface area contributed by atoms with Crippen molar-refractivity contribution in [2.45, 2.75) is 25.4 Å². The van der Waals surface area contributed by atoms with Crippen molar-refractivity contribution in [1.82, 2.24) is 24.8 Å². The summed E-state index contributed by atoms with van der Waals surface area (Å²) in [6.07, 6.45) is -1.22. The largest absolute Gasteiger partial charge is 0.418 e. The van der Waals surface area contributed by atoms with Gasteiger partial charge in [0, 0.05) is 37.7 Å². The zero-order chi connectivity index (χ0) is 28.0. The van der Waals surface area contributed by atoms with Crippen molar-refractivity contribution >= 4 is 40.4 Å². The number of pyridine rings is 1. The Bertz CT molecular complexity index is 1420. The zero-order valence-electron chi connectivity index (χ0n) is 20.6. The zero-order valence-corrected chi connectivity index (χ0v) is 22.2. The Hall–Kier alpha value is -3.44. The minimum Gasteiger partial charge on any atom is -0.379 e. The van der Waals surface area contributed by atoms with Gasteiger partial charge in [-0.05, 0) is 12.0 Å². The van der Waals surface area contributed by atoms with Crippen molar-refractivity contribution in [3.05, 3.63) is 62.7 Å². The molecular formula is C25H22ClF3N6O3S. The summed E-state index contributed by atoms with van der Waals surface area (Å²) >= 11 is 6.59. The third-order valence-corrected chi connectivity index (χ3v) is 7.17. The Morgan fingerprint density at radius 1 is 1.18 bits per heavy atom. The van der Waals surface area contributed by atoms with Crippen LogP contribution in [0.15, 0.2) is 30.9 Å². The smallest absolute Gasteiger partial charge is 0.379 e. The van der Waals surface area contributed by atoms with Crippen LogP contribution in [0.5, 0.6) is 0 Å². The maximum Gasteiger partial charge on any atom is 0.418 e. The molecule has 3 aromatic heterocycles. The summed E-state index contributed by atoms with van der Waals surface area (Å²) in [6, 6.07) is 2.20. The van der Waals surface area contributed by atoms with Crippen LogP contribution in [0.4, 0.5) is 19.0 Å². The summed E-state index contributed by atoms with van der Waals surface area (Å²) < 4.78 is 44.5. The average Bonchev–Trinajstić information content (AvgIpc) is 3.41. The van der Waals surface area contributed by atoms with E-state index >= 15 is 0 Å². The molecule has 0 bridgehead atoms. The highest BCUT2D eigenvalue weighted by Crippen LogP contribution is 2.35. The van der Waals surface area contributed by atoms with E-state index in [9.17, 15) is 22.8 Å². The van der Waals surface area contributed by atoms with Crippen LogP contribution in [0.2, 0.25) is 5.02 Å². The van der Waals surface area contributed by atoms with Crippen molar-refractivity contribution in [3.8, 4) is 11.8 Å². The molecule has 1 unspecified atom stereocenters. The third-order valence-electron chi connectivity index (χ3n) is 5.64. The molecule has 1 fully saturated rings. The molecule has 1 aliphatic rings. The lowest BCUT2D eigenvalue weighted by molar-refractivity contribution is -0.137. The molecule has 1 atom stereocenters. The lowest BCUT2D eigenvalue weighted by atomic mass is 10.0. The number of nitrogens with zero attached hydrogens (tertiary/aromatic N) is 5. The highest BCUT2D eigenvalue weighted by atomic mass is 35.5. The van der Waals surface area contributed by atoms with E-state index in [-0.39, 0.29) is 34.5 Å². The molecule has 14 heteroatoms. The summed E-state index contributed by atoms with van der Waals surface area (Å²) in [5.41, 5.74) is -0.453. The molecule has 0 aromatic carbocycles. The number of rotatable bonds is 7. The molecule has 1 aliphatic heterocycles. The van der Waals surface area contributed by atoms with Crippen LogP contribution in [-0.2, 0) is 10.9 Å². The predicted octanol–water partition coefficient (Wildman–Crippen LogP) is 4.31. The van der Waals surface area contributed by atoms with E-state index in [2.05, 4.69) is 42.0 Å². The van der Waals surface area contributed by atoms with E-state index in [1.165, 1.54) is 18.6 Å². The van der Waals surface area contributed by atoms with Crippen LogP contribution in [0.25, 0.3) is 0 Å². The number of aromatic nitrogens is 4. The highest BCUT2D eigenvalue weighted by molar-refractivity contribution is 7.13. The summed E-state index contributed by atoms with van der Waals surface area (Å²) in [6.45, 7) is 5.35. The van der Waals surface area contributed by atoms with Crippen molar-refractivity contribution in [3.63, 3.8) is 0 Å². The van der Waals surface area contributed by atoms with E-state index in [0.717, 1.165) is 30.6 Å². The molecule has 4 rings (SSSR count). The topological polar surface area (TPSA) is 110 Å². The van der Waals surface area contributed by atoms with Crippen molar-refractivity contribution in [1.29, 1.82) is 0 Å². The molecule has 0 radical (unpaired) electrons. The molecule has 0 spiro atoms. The lowest BCUT2D eigenvalue weighted by Crippen LogP contribution is -2.36. The van der Waals surface area contributed by atoms with E-state index in [1.807, 2.05) is 0 Å². The summed E-state index contributed by atoms with van der Waals surface area (Å²) in [7, 11) is 0. The Labute approximate surface area is 230 Å². The van der Waals surface area contributed by atoms with Gasteiger partial charge in [0.25, 0.3) is 5.91 Å². The van der Waals surface area contributed by atoms with Crippen LogP contribution in [0, 0.1) is 11.8 Å². The third kappa shape index (κ3) is 7.79. The second kappa shape index (κ2) is 12.6. The average molecular weight is 579 g/mol. The Balaban J connectivity index is 1.36. The van der Waals surface area contributed by atoms with Crippen LogP contribution < -0.4 is 5.32 Å². The molecule has 3 aromatic rings. The quantitative estimate of drug-likeness (QED) is 0.326. The second-order valence-electron chi connectivity index (χ2n) is 8.57. The standard InChI is InChI=1S/C25H22ClF3N6O3S/c1-15(9-20(36)19-10-16(32-14-33-19)3-2-4-35-5-7-38-8-6-35)24-31-13-21(39-24)23(37)34-22-11-17(25(27,28)29)18(26)12-30-22/h10-15H,4-9H2,1H3,(H,30,34,37). The van der Waals surface area contributed by atoms with E-state index in [0.29, 0.717) is 36.5 Å². The Kier molecular flexibility index (Phi) is 9.24. The van der Waals surface area contributed by atoms with E-state index in [1.54, 1.807) is 6.92 Å². The number of anilines is 1. The van der Waals surface area contributed by atoms with Crippen molar-refractivity contribution in [2.24, 2.45) is 0 Å². The SMILES string of the molecule is CC(CC(=O)c1cc(C#CCN2CCOCC2)ncn1)c1ncc(C(=O)Nc2cc(C(F)(F)F)c(Cl)cn2)s1. The Morgan fingerprint density at radius 3 is 2.69 bits per heavy atom. The number of carbonyl (C=O) groups excluding carboxylic acids is 2. The van der Waals surface area contributed by atoms with Gasteiger partial charge in [0.1, 0.15) is 28.4 Å². The molecule has 1 amide bonds. The lowest BCUT2D eigenvalue weighted by Gasteiger charge is -2.24. The van der Waals surface area contributed by atoms with Crippen LogP contribution in [0.1, 0.15) is 55.7 Å². The number of nitrogens with one attached hydrogen (secondary N) is 1. The van der Waals surface area contributed by atoms with E-state index < -0.39 is 22.7 Å². The number of hydrogen-bond acceptors (Lipinski definition) is 9. The minimum absolute atomic E-state index is 0.0694. The van der Waals surface area contributed by atoms with Gasteiger partial charge < -0.3 is 10.1 Å².